The molecule has 0 fully saturated rings. The second-order valence-electron chi connectivity index (χ2n) is 3.82. The number of nitrogens with one attached hydrogen (secondary N) is 1. The monoisotopic (exact) mass is 284 g/mol. The first-order valence-corrected chi connectivity index (χ1v) is 6.97. The Morgan fingerprint density at radius 2 is 2.16 bits per heavy atom. The van der Waals surface area contributed by atoms with Crippen LogP contribution in [0.5, 0.6) is 0 Å². The van der Waals surface area contributed by atoms with Crippen LogP contribution < -0.4 is 0 Å². The summed E-state index contributed by atoms with van der Waals surface area (Å²) in [7, 11) is -3.83. The van der Waals surface area contributed by atoms with E-state index in [1.54, 1.807) is 0 Å². The fourth-order valence-corrected chi connectivity index (χ4v) is 2.56. The minimum Gasteiger partial charge on any atom is -0.284 e. The van der Waals surface area contributed by atoms with Crippen molar-refractivity contribution < 1.29 is 17.2 Å². The van der Waals surface area contributed by atoms with Crippen molar-refractivity contribution in [2.75, 3.05) is 5.75 Å². The molecule has 0 bridgehead atoms. The summed E-state index contributed by atoms with van der Waals surface area (Å²) in [5, 5.41) is 5.61. The third kappa shape index (κ3) is 3.47. The highest BCUT2D eigenvalue weighted by Gasteiger charge is 2.19. The molecular weight excluding hydrogens is 274 g/mol. The van der Waals surface area contributed by atoms with Gasteiger partial charge in [0.05, 0.1) is 0 Å². The van der Waals surface area contributed by atoms with Gasteiger partial charge in [-0.05, 0) is 29.8 Å². The maximum absolute atomic E-state index is 13.6. The molecule has 7 heteroatoms. The normalized spacial score (nSPS) is 12.6. The third-order valence-electron chi connectivity index (χ3n) is 2.29. The van der Waals surface area contributed by atoms with Crippen molar-refractivity contribution in [3.05, 3.63) is 53.7 Å². The number of rotatable bonds is 4. The summed E-state index contributed by atoms with van der Waals surface area (Å²) < 4.78 is 50.0. The molecule has 2 aromatic rings. The Kier molecular flexibility index (Phi) is 3.75. The summed E-state index contributed by atoms with van der Waals surface area (Å²) >= 11 is 0. The standard InChI is InChI=1S/C12H10F2N2O2S/c13-10-3-1-2-9(6-10)7-11(14)8-19(17,18)12-4-5-15-16-12/h1-7H,8H2,(H,15,16). The summed E-state index contributed by atoms with van der Waals surface area (Å²) in [4.78, 5) is 0. The average molecular weight is 284 g/mol. The predicted molar refractivity (Wildman–Crippen MR) is 66.1 cm³/mol. The zero-order chi connectivity index (χ0) is 13.9. The van der Waals surface area contributed by atoms with Gasteiger partial charge in [-0.15, -0.1) is 0 Å². The molecule has 1 aromatic carbocycles. The molecule has 0 aliphatic carbocycles. The SMILES string of the molecule is O=S(=O)(CC(F)=Cc1cccc(F)c1)c1cc[nH]n1. The molecule has 100 valence electrons. The van der Waals surface area contributed by atoms with Crippen LogP contribution in [0.15, 0.2) is 47.4 Å². The van der Waals surface area contributed by atoms with E-state index >= 15 is 0 Å². The van der Waals surface area contributed by atoms with Gasteiger partial charge in [0.25, 0.3) is 0 Å². The van der Waals surface area contributed by atoms with Gasteiger partial charge in [0.15, 0.2) is 5.03 Å². The topological polar surface area (TPSA) is 62.8 Å². The molecule has 0 saturated heterocycles. The minimum absolute atomic E-state index is 0.227. The third-order valence-corrected chi connectivity index (χ3v) is 3.81. The Morgan fingerprint density at radius 1 is 1.37 bits per heavy atom. The van der Waals surface area contributed by atoms with Crippen molar-refractivity contribution in [1.29, 1.82) is 0 Å². The van der Waals surface area contributed by atoms with Crippen molar-refractivity contribution >= 4 is 15.9 Å². The van der Waals surface area contributed by atoms with Gasteiger partial charge in [-0.1, -0.05) is 12.1 Å². The van der Waals surface area contributed by atoms with Gasteiger partial charge in [-0.2, -0.15) is 5.10 Å². The maximum atomic E-state index is 13.6. The summed E-state index contributed by atoms with van der Waals surface area (Å²) in [6.07, 6.45) is 2.31. The minimum atomic E-state index is -3.83. The Balaban J connectivity index is 2.20. The number of hydrogen-bond donors (Lipinski definition) is 1. The number of sulfone groups is 1. The van der Waals surface area contributed by atoms with Crippen LogP contribution in [0.4, 0.5) is 8.78 Å². The molecule has 0 radical (unpaired) electrons. The molecule has 19 heavy (non-hydrogen) atoms. The van der Waals surface area contributed by atoms with Crippen LogP contribution in [-0.2, 0) is 9.84 Å². The molecule has 1 heterocycles. The van der Waals surface area contributed by atoms with Crippen LogP contribution in [0.25, 0.3) is 6.08 Å². The largest absolute Gasteiger partial charge is 0.284 e. The molecule has 0 atom stereocenters. The molecular formula is C12H10F2N2O2S. The molecule has 0 amide bonds. The predicted octanol–water partition coefficient (Wildman–Crippen LogP) is 2.33. The van der Waals surface area contributed by atoms with Gasteiger partial charge in [0.1, 0.15) is 17.4 Å². The zero-order valence-electron chi connectivity index (χ0n) is 9.68. The molecule has 1 aromatic heterocycles. The smallest absolute Gasteiger partial charge is 0.203 e. The molecule has 0 spiro atoms. The van der Waals surface area contributed by atoms with Crippen molar-refractivity contribution in [2.24, 2.45) is 0 Å². The Bertz CT molecular complexity index is 694. The molecule has 0 aliphatic rings. The molecule has 0 aliphatic heterocycles. The van der Waals surface area contributed by atoms with Gasteiger partial charge in [0.2, 0.25) is 9.84 Å². The Hall–Kier alpha value is -2.02. The van der Waals surface area contributed by atoms with Crippen LogP contribution in [0.1, 0.15) is 5.56 Å². The summed E-state index contributed by atoms with van der Waals surface area (Å²) in [6, 6.07) is 6.46. The number of hydrogen-bond acceptors (Lipinski definition) is 3. The van der Waals surface area contributed by atoms with Crippen molar-refractivity contribution in [3.63, 3.8) is 0 Å². The number of aromatic amines is 1. The van der Waals surface area contributed by atoms with Gasteiger partial charge in [-0.25, -0.2) is 17.2 Å². The summed E-state index contributed by atoms with van der Waals surface area (Å²) in [5.74, 6) is -2.21. The maximum Gasteiger partial charge on any atom is 0.203 e. The van der Waals surface area contributed by atoms with E-state index in [1.807, 2.05) is 0 Å². The number of benzene rings is 1. The van der Waals surface area contributed by atoms with E-state index in [2.05, 4.69) is 10.2 Å². The number of nitrogens with zero attached hydrogens (tertiary/aromatic N) is 1. The average Bonchev–Trinajstić information content (AvgIpc) is 2.81. The lowest BCUT2D eigenvalue weighted by Gasteiger charge is -1.99. The molecule has 2 rings (SSSR count). The second kappa shape index (κ2) is 5.31. The highest BCUT2D eigenvalue weighted by molar-refractivity contribution is 7.91. The van der Waals surface area contributed by atoms with Crippen LogP contribution in [0.2, 0.25) is 0 Å². The van der Waals surface area contributed by atoms with Crippen LogP contribution in [-0.4, -0.2) is 24.4 Å². The van der Waals surface area contributed by atoms with Crippen molar-refractivity contribution in [2.45, 2.75) is 5.03 Å². The van der Waals surface area contributed by atoms with E-state index in [-0.39, 0.29) is 10.6 Å². The molecule has 4 nitrogen and oxygen atoms in total. The van der Waals surface area contributed by atoms with E-state index in [0.717, 1.165) is 12.1 Å². The van der Waals surface area contributed by atoms with E-state index in [9.17, 15) is 17.2 Å². The van der Waals surface area contributed by atoms with Crippen molar-refractivity contribution in [1.82, 2.24) is 10.2 Å². The second-order valence-corrected chi connectivity index (χ2v) is 5.75. The summed E-state index contributed by atoms with van der Waals surface area (Å²) in [6.45, 7) is 0. The van der Waals surface area contributed by atoms with Gasteiger partial charge in [0, 0.05) is 6.20 Å². The fourth-order valence-electron chi connectivity index (χ4n) is 1.49. The first kappa shape index (κ1) is 13.4. The highest BCUT2D eigenvalue weighted by Crippen LogP contribution is 2.15. The Labute approximate surface area is 108 Å². The number of H-pyrrole nitrogens is 1. The summed E-state index contributed by atoms with van der Waals surface area (Å²) in [5.41, 5.74) is 0.259. The molecule has 0 unspecified atom stereocenters. The van der Waals surface area contributed by atoms with Gasteiger partial charge in [-0.3, -0.25) is 5.10 Å². The van der Waals surface area contributed by atoms with E-state index in [1.165, 1.54) is 30.5 Å². The van der Waals surface area contributed by atoms with Gasteiger partial charge >= 0.3 is 0 Å². The number of aromatic nitrogens is 2. The first-order valence-electron chi connectivity index (χ1n) is 5.31. The lowest BCUT2D eigenvalue weighted by atomic mass is 10.2. The zero-order valence-corrected chi connectivity index (χ0v) is 10.5. The van der Waals surface area contributed by atoms with E-state index in [4.69, 9.17) is 0 Å². The number of halogens is 2. The molecule has 1 N–H and O–H groups in total. The van der Waals surface area contributed by atoms with E-state index in [0.29, 0.717) is 0 Å². The first-order chi connectivity index (χ1) is 8.97. The molecule has 0 saturated carbocycles. The Morgan fingerprint density at radius 3 is 2.79 bits per heavy atom. The fraction of sp³-hybridized carbons (Fsp3) is 0.0833. The lowest BCUT2D eigenvalue weighted by Crippen LogP contribution is -2.07. The lowest BCUT2D eigenvalue weighted by molar-refractivity contribution is 0.582. The van der Waals surface area contributed by atoms with Gasteiger partial charge < -0.3 is 0 Å². The van der Waals surface area contributed by atoms with Crippen LogP contribution in [0, 0.1) is 5.82 Å². The van der Waals surface area contributed by atoms with E-state index < -0.39 is 27.2 Å². The van der Waals surface area contributed by atoms with Crippen LogP contribution >= 0.6 is 0 Å². The van der Waals surface area contributed by atoms with Crippen molar-refractivity contribution in [3.8, 4) is 0 Å². The quantitative estimate of drug-likeness (QED) is 0.937. The highest BCUT2D eigenvalue weighted by atomic mass is 32.2. The van der Waals surface area contributed by atoms with Crippen LogP contribution in [0.3, 0.4) is 0 Å².